The third-order valence-corrected chi connectivity index (χ3v) is 2.00. The van der Waals surface area contributed by atoms with Crippen molar-refractivity contribution in [2.45, 2.75) is 0 Å². The van der Waals surface area contributed by atoms with Crippen LogP contribution in [0.4, 0.5) is 0 Å². The van der Waals surface area contributed by atoms with E-state index in [1.807, 2.05) is 42.5 Å². The predicted molar refractivity (Wildman–Crippen MR) is 54.4 cm³/mol. The Balaban J connectivity index is 2.58. The number of pyridine rings is 1. The van der Waals surface area contributed by atoms with E-state index in [0.29, 0.717) is 5.69 Å². The monoisotopic (exact) mass is 180 g/mol. The third kappa shape index (κ3) is 1.48. The highest BCUT2D eigenvalue weighted by Gasteiger charge is 2.03. The van der Waals surface area contributed by atoms with Gasteiger partial charge in [0.15, 0.2) is 0 Å². The van der Waals surface area contributed by atoms with Gasteiger partial charge in [-0.25, -0.2) is 4.98 Å². The Hall–Kier alpha value is -2.14. The fourth-order valence-electron chi connectivity index (χ4n) is 1.35. The van der Waals surface area contributed by atoms with Gasteiger partial charge in [0, 0.05) is 11.8 Å². The van der Waals surface area contributed by atoms with Gasteiger partial charge in [-0.2, -0.15) is 5.26 Å². The van der Waals surface area contributed by atoms with Crippen molar-refractivity contribution < 1.29 is 0 Å². The molecule has 0 spiro atoms. The number of aromatic nitrogens is 1. The molecule has 0 atom stereocenters. The van der Waals surface area contributed by atoms with E-state index in [9.17, 15) is 0 Å². The minimum atomic E-state index is 0.471. The lowest BCUT2D eigenvalue weighted by atomic mass is 10.1. The van der Waals surface area contributed by atoms with Crippen LogP contribution in [0.1, 0.15) is 5.69 Å². The summed E-state index contributed by atoms with van der Waals surface area (Å²) in [6, 6.07) is 15.6. The maximum Gasteiger partial charge on any atom is 0.148 e. The molecular weight excluding hydrogens is 172 g/mol. The van der Waals surface area contributed by atoms with Gasteiger partial charge in [0.25, 0.3) is 0 Å². The average molecular weight is 180 g/mol. The minimum absolute atomic E-state index is 0.471. The zero-order valence-corrected chi connectivity index (χ0v) is 7.51. The van der Waals surface area contributed by atoms with Crippen molar-refractivity contribution >= 4 is 0 Å². The van der Waals surface area contributed by atoms with Gasteiger partial charge in [-0.05, 0) is 17.7 Å². The van der Waals surface area contributed by atoms with Crippen molar-refractivity contribution in [1.29, 1.82) is 5.26 Å². The fourth-order valence-corrected chi connectivity index (χ4v) is 1.35. The number of benzene rings is 1. The Bertz CT molecular complexity index is 469. The molecule has 1 aromatic carbocycles. The van der Waals surface area contributed by atoms with E-state index in [-0.39, 0.29) is 0 Å². The van der Waals surface area contributed by atoms with E-state index in [2.05, 4.69) is 11.1 Å². The molecule has 0 saturated heterocycles. The first kappa shape index (κ1) is 8.46. The first-order valence-electron chi connectivity index (χ1n) is 4.32. The standard InChI is InChI=1S/C12H8N2/c13-9-12-11(7-4-8-14-12)10-5-2-1-3-6-10/h1-8H. The van der Waals surface area contributed by atoms with Crippen molar-refractivity contribution in [3.8, 4) is 17.2 Å². The number of nitriles is 1. The van der Waals surface area contributed by atoms with Gasteiger partial charge in [0.1, 0.15) is 11.8 Å². The molecular formula is C12H8N2. The second-order valence-electron chi connectivity index (χ2n) is 2.88. The molecule has 0 aliphatic carbocycles. The molecule has 2 heteroatoms. The van der Waals surface area contributed by atoms with Crippen LogP contribution in [0.15, 0.2) is 48.7 Å². The maximum absolute atomic E-state index is 8.87. The second kappa shape index (κ2) is 3.71. The zero-order chi connectivity index (χ0) is 9.80. The molecule has 2 rings (SSSR count). The smallest absolute Gasteiger partial charge is 0.148 e. The van der Waals surface area contributed by atoms with E-state index >= 15 is 0 Å². The first-order chi connectivity index (χ1) is 6.92. The fraction of sp³-hybridized carbons (Fsp3) is 0. The van der Waals surface area contributed by atoms with Gasteiger partial charge in [0.05, 0.1) is 0 Å². The second-order valence-corrected chi connectivity index (χ2v) is 2.88. The van der Waals surface area contributed by atoms with Crippen molar-refractivity contribution in [2.24, 2.45) is 0 Å². The Morgan fingerprint density at radius 1 is 1.00 bits per heavy atom. The van der Waals surface area contributed by atoms with Gasteiger partial charge in [-0.3, -0.25) is 0 Å². The SMILES string of the molecule is N#Cc1ncccc1-c1ccccc1. The van der Waals surface area contributed by atoms with Crippen molar-refractivity contribution in [3.63, 3.8) is 0 Å². The van der Waals surface area contributed by atoms with Crippen LogP contribution in [-0.2, 0) is 0 Å². The van der Waals surface area contributed by atoms with Crippen LogP contribution in [0.25, 0.3) is 11.1 Å². The molecule has 0 saturated carbocycles. The summed E-state index contributed by atoms with van der Waals surface area (Å²) in [5.74, 6) is 0. The number of nitrogens with zero attached hydrogens (tertiary/aromatic N) is 2. The highest BCUT2D eigenvalue weighted by Crippen LogP contribution is 2.20. The van der Waals surface area contributed by atoms with Crippen LogP contribution in [0.3, 0.4) is 0 Å². The highest BCUT2D eigenvalue weighted by atomic mass is 14.7. The van der Waals surface area contributed by atoms with E-state index in [1.165, 1.54) is 0 Å². The van der Waals surface area contributed by atoms with Crippen LogP contribution in [0.2, 0.25) is 0 Å². The van der Waals surface area contributed by atoms with E-state index in [4.69, 9.17) is 5.26 Å². The molecule has 66 valence electrons. The first-order valence-corrected chi connectivity index (χ1v) is 4.32. The van der Waals surface area contributed by atoms with E-state index in [1.54, 1.807) is 6.20 Å². The Labute approximate surface area is 82.5 Å². The summed E-state index contributed by atoms with van der Waals surface area (Å²) < 4.78 is 0. The summed E-state index contributed by atoms with van der Waals surface area (Å²) in [6.45, 7) is 0. The number of hydrogen-bond donors (Lipinski definition) is 0. The topological polar surface area (TPSA) is 36.7 Å². The summed E-state index contributed by atoms with van der Waals surface area (Å²) >= 11 is 0. The highest BCUT2D eigenvalue weighted by molar-refractivity contribution is 5.68. The van der Waals surface area contributed by atoms with Gasteiger partial charge < -0.3 is 0 Å². The van der Waals surface area contributed by atoms with Gasteiger partial charge >= 0.3 is 0 Å². The number of rotatable bonds is 1. The molecule has 14 heavy (non-hydrogen) atoms. The molecule has 1 heterocycles. The molecule has 0 aliphatic heterocycles. The van der Waals surface area contributed by atoms with E-state index < -0.39 is 0 Å². The van der Waals surface area contributed by atoms with Crippen molar-refractivity contribution in [3.05, 3.63) is 54.4 Å². The third-order valence-electron chi connectivity index (χ3n) is 2.00. The molecule has 0 bridgehead atoms. The molecule has 2 nitrogen and oxygen atoms in total. The summed E-state index contributed by atoms with van der Waals surface area (Å²) in [7, 11) is 0. The van der Waals surface area contributed by atoms with Crippen LogP contribution in [-0.4, -0.2) is 4.98 Å². The zero-order valence-electron chi connectivity index (χ0n) is 7.51. The lowest BCUT2D eigenvalue weighted by molar-refractivity contribution is 1.26. The van der Waals surface area contributed by atoms with Crippen LogP contribution >= 0.6 is 0 Å². The largest absolute Gasteiger partial charge is 0.245 e. The molecule has 0 aliphatic rings. The number of hydrogen-bond acceptors (Lipinski definition) is 2. The van der Waals surface area contributed by atoms with Gasteiger partial charge in [-0.1, -0.05) is 30.3 Å². The maximum atomic E-state index is 8.87. The molecule has 0 amide bonds. The van der Waals surface area contributed by atoms with Crippen LogP contribution < -0.4 is 0 Å². The quantitative estimate of drug-likeness (QED) is 0.676. The van der Waals surface area contributed by atoms with Crippen LogP contribution in [0, 0.1) is 11.3 Å². The Kier molecular flexibility index (Phi) is 2.24. The summed E-state index contributed by atoms with van der Waals surface area (Å²) in [5.41, 5.74) is 2.38. The summed E-state index contributed by atoms with van der Waals surface area (Å²) in [4.78, 5) is 4.01. The Morgan fingerprint density at radius 2 is 1.79 bits per heavy atom. The van der Waals surface area contributed by atoms with Crippen molar-refractivity contribution in [2.75, 3.05) is 0 Å². The predicted octanol–water partition coefficient (Wildman–Crippen LogP) is 2.62. The van der Waals surface area contributed by atoms with E-state index in [0.717, 1.165) is 11.1 Å². The van der Waals surface area contributed by atoms with Gasteiger partial charge in [0.2, 0.25) is 0 Å². The van der Waals surface area contributed by atoms with Crippen LogP contribution in [0.5, 0.6) is 0 Å². The molecule has 0 radical (unpaired) electrons. The summed E-state index contributed by atoms with van der Waals surface area (Å²) in [6.07, 6.45) is 1.63. The molecule has 1 aromatic heterocycles. The molecule has 0 unspecified atom stereocenters. The summed E-state index contributed by atoms with van der Waals surface area (Å²) in [5, 5.41) is 8.87. The lowest BCUT2D eigenvalue weighted by Crippen LogP contribution is -1.86. The van der Waals surface area contributed by atoms with Gasteiger partial charge in [-0.15, -0.1) is 0 Å². The van der Waals surface area contributed by atoms with Crippen molar-refractivity contribution in [1.82, 2.24) is 4.98 Å². The molecule has 2 aromatic rings. The Morgan fingerprint density at radius 3 is 2.50 bits per heavy atom. The normalized spacial score (nSPS) is 9.36. The minimum Gasteiger partial charge on any atom is -0.245 e. The lowest BCUT2D eigenvalue weighted by Gasteiger charge is -2.01. The molecule has 0 fully saturated rings. The average Bonchev–Trinajstić information content (AvgIpc) is 2.30. The molecule has 0 N–H and O–H groups in total.